The van der Waals surface area contributed by atoms with Gasteiger partial charge in [-0.25, -0.2) is 0 Å². The molecule has 2 aromatic carbocycles. The summed E-state index contributed by atoms with van der Waals surface area (Å²) in [7, 11) is 0. The Balaban J connectivity index is 1.84. The summed E-state index contributed by atoms with van der Waals surface area (Å²) in [6, 6.07) is 16.3. The SMILES string of the molecule is O=C1c2ccc(Br)cc2CC[C@@H]1Cc1ccccc1. The lowest BCUT2D eigenvalue weighted by atomic mass is 9.80. The zero-order valence-corrected chi connectivity index (χ0v) is 12.2. The second kappa shape index (κ2) is 5.30. The van der Waals surface area contributed by atoms with E-state index in [0.29, 0.717) is 5.78 Å². The Labute approximate surface area is 121 Å². The number of halogens is 1. The van der Waals surface area contributed by atoms with Gasteiger partial charge in [-0.15, -0.1) is 0 Å². The summed E-state index contributed by atoms with van der Waals surface area (Å²) in [6.45, 7) is 0. The molecule has 1 atom stereocenters. The number of carbonyl (C=O) groups is 1. The van der Waals surface area contributed by atoms with E-state index in [4.69, 9.17) is 0 Å². The number of ketones is 1. The summed E-state index contributed by atoms with van der Waals surface area (Å²) in [4.78, 5) is 12.5. The first kappa shape index (κ1) is 12.6. The Morgan fingerprint density at radius 2 is 1.89 bits per heavy atom. The number of fused-ring (bicyclic) bond motifs is 1. The molecule has 2 aromatic rings. The summed E-state index contributed by atoms with van der Waals surface area (Å²) in [5.74, 6) is 0.439. The van der Waals surface area contributed by atoms with Gasteiger partial charge in [0.05, 0.1) is 0 Å². The largest absolute Gasteiger partial charge is 0.294 e. The van der Waals surface area contributed by atoms with E-state index in [-0.39, 0.29) is 5.92 Å². The minimum Gasteiger partial charge on any atom is -0.294 e. The average molecular weight is 315 g/mol. The zero-order valence-electron chi connectivity index (χ0n) is 10.6. The molecule has 96 valence electrons. The van der Waals surface area contributed by atoms with Gasteiger partial charge < -0.3 is 0 Å². The van der Waals surface area contributed by atoms with Gasteiger partial charge in [-0.05, 0) is 42.5 Å². The van der Waals surface area contributed by atoms with Gasteiger partial charge in [0.15, 0.2) is 5.78 Å². The van der Waals surface area contributed by atoms with E-state index in [1.807, 2.05) is 30.3 Å². The maximum atomic E-state index is 12.5. The molecule has 3 rings (SSSR count). The van der Waals surface area contributed by atoms with E-state index >= 15 is 0 Å². The minimum absolute atomic E-state index is 0.135. The van der Waals surface area contributed by atoms with Crippen LogP contribution in [0.2, 0.25) is 0 Å². The first-order chi connectivity index (χ1) is 9.24. The molecule has 0 radical (unpaired) electrons. The van der Waals surface area contributed by atoms with Gasteiger partial charge in [-0.3, -0.25) is 4.79 Å². The molecule has 0 unspecified atom stereocenters. The number of Topliss-reactive ketones (excluding diaryl/α,β-unsaturated/α-hetero) is 1. The highest BCUT2D eigenvalue weighted by Crippen LogP contribution is 2.29. The van der Waals surface area contributed by atoms with E-state index in [2.05, 4.69) is 34.1 Å². The van der Waals surface area contributed by atoms with Crippen LogP contribution in [0.5, 0.6) is 0 Å². The normalized spacial score (nSPS) is 18.2. The number of benzene rings is 2. The number of rotatable bonds is 2. The van der Waals surface area contributed by atoms with Gasteiger partial charge in [-0.2, -0.15) is 0 Å². The van der Waals surface area contributed by atoms with Crippen molar-refractivity contribution in [3.05, 3.63) is 69.7 Å². The molecule has 0 fully saturated rings. The fourth-order valence-corrected chi connectivity index (χ4v) is 3.19. The predicted octanol–water partition coefficient (Wildman–Crippen LogP) is 4.44. The van der Waals surface area contributed by atoms with Crippen molar-refractivity contribution in [3.63, 3.8) is 0 Å². The molecular weight excluding hydrogens is 300 g/mol. The third kappa shape index (κ3) is 2.64. The maximum Gasteiger partial charge on any atom is 0.166 e. The van der Waals surface area contributed by atoms with Crippen LogP contribution in [0.25, 0.3) is 0 Å². The Kier molecular flexibility index (Phi) is 3.52. The first-order valence-electron chi connectivity index (χ1n) is 6.60. The van der Waals surface area contributed by atoms with Crippen molar-refractivity contribution in [1.29, 1.82) is 0 Å². The van der Waals surface area contributed by atoms with Crippen LogP contribution < -0.4 is 0 Å². The van der Waals surface area contributed by atoms with Crippen molar-refractivity contribution < 1.29 is 4.79 Å². The summed E-state index contributed by atoms with van der Waals surface area (Å²) in [5.41, 5.74) is 3.35. The molecule has 0 N–H and O–H groups in total. The Morgan fingerprint density at radius 3 is 2.68 bits per heavy atom. The highest BCUT2D eigenvalue weighted by Gasteiger charge is 2.27. The van der Waals surface area contributed by atoms with Crippen molar-refractivity contribution in [2.24, 2.45) is 5.92 Å². The lowest BCUT2D eigenvalue weighted by molar-refractivity contribution is 0.0901. The molecule has 1 nitrogen and oxygen atoms in total. The second-order valence-corrected chi connectivity index (χ2v) is 6.01. The molecular formula is C17H15BrO. The highest BCUT2D eigenvalue weighted by molar-refractivity contribution is 9.10. The molecule has 0 saturated heterocycles. The van der Waals surface area contributed by atoms with Crippen LogP contribution in [0.3, 0.4) is 0 Å². The zero-order chi connectivity index (χ0) is 13.2. The van der Waals surface area contributed by atoms with Gasteiger partial charge >= 0.3 is 0 Å². The van der Waals surface area contributed by atoms with E-state index in [1.165, 1.54) is 11.1 Å². The van der Waals surface area contributed by atoms with Gasteiger partial charge in [0.1, 0.15) is 0 Å². The highest BCUT2D eigenvalue weighted by atomic mass is 79.9. The van der Waals surface area contributed by atoms with Crippen LogP contribution in [0.15, 0.2) is 53.0 Å². The van der Waals surface area contributed by atoms with Crippen LogP contribution >= 0.6 is 15.9 Å². The van der Waals surface area contributed by atoms with E-state index in [0.717, 1.165) is 29.3 Å². The monoisotopic (exact) mass is 314 g/mol. The number of hydrogen-bond acceptors (Lipinski definition) is 1. The van der Waals surface area contributed by atoms with Crippen molar-refractivity contribution in [2.45, 2.75) is 19.3 Å². The Morgan fingerprint density at radius 1 is 1.11 bits per heavy atom. The summed E-state index contributed by atoms with van der Waals surface area (Å²) < 4.78 is 1.06. The van der Waals surface area contributed by atoms with Gasteiger partial charge in [0, 0.05) is 16.0 Å². The summed E-state index contributed by atoms with van der Waals surface area (Å²) in [6.07, 6.45) is 2.81. The minimum atomic E-state index is 0.135. The fraction of sp³-hybridized carbons (Fsp3) is 0.235. The third-order valence-electron chi connectivity index (χ3n) is 3.79. The predicted molar refractivity (Wildman–Crippen MR) is 80.4 cm³/mol. The number of hydrogen-bond donors (Lipinski definition) is 0. The van der Waals surface area contributed by atoms with Gasteiger partial charge in [-0.1, -0.05) is 52.3 Å². The van der Waals surface area contributed by atoms with Crippen LogP contribution in [-0.2, 0) is 12.8 Å². The second-order valence-electron chi connectivity index (χ2n) is 5.09. The number of aryl methyl sites for hydroxylation is 1. The maximum absolute atomic E-state index is 12.5. The molecule has 1 aliphatic carbocycles. The fourth-order valence-electron chi connectivity index (χ4n) is 2.78. The van der Waals surface area contributed by atoms with E-state index in [1.54, 1.807) is 0 Å². The van der Waals surface area contributed by atoms with Crippen molar-refractivity contribution >= 4 is 21.7 Å². The molecule has 0 amide bonds. The Bertz CT molecular complexity index is 604. The molecule has 1 aliphatic rings. The third-order valence-corrected chi connectivity index (χ3v) is 4.28. The van der Waals surface area contributed by atoms with Crippen molar-refractivity contribution in [1.82, 2.24) is 0 Å². The lowest BCUT2D eigenvalue weighted by Gasteiger charge is -2.23. The van der Waals surface area contributed by atoms with Gasteiger partial charge in [0.2, 0.25) is 0 Å². The molecule has 0 aromatic heterocycles. The van der Waals surface area contributed by atoms with Crippen LogP contribution in [0.1, 0.15) is 27.9 Å². The topological polar surface area (TPSA) is 17.1 Å². The number of carbonyl (C=O) groups excluding carboxylic acids is 1. The molecule has 0 heterocycles. The smallest absolute Gasteiger partial charge is 0.166 e. The quantitative estimate of drug-likeness (QED) is 0.801. The molecule has 19 heavy (non-hydrogen) atoms. The van der Waals surface area contributed by atoms with Crippen LogP contribution in [0, 0.1) is 5.92 Å². The molecule has 0 bridgehead atoms. The van der Waals surface area contributed by atoms with E-state index in [9.17, 15) is 4.79 Å². The standard InChI is InChI=1S/C17H15BrO/c18-15-8-9-16-13(11-15)6-7-14(17(16)19)10-12-4-2-1-3-5-12/h1-5,8-9,11,14H,6-7,10H2/t14-/m1/s1. The summed E-state index contributed by atoms with van der Waals surface area (Å²) in [5, 5.41) is 0. The molecule has 0 aliphatic heterocycles. The average Bonchev–Trinajstić information content (AvgIpc) is 2.43. The summed E-state index contributed by atoms with van der Waals surface area (Å²) >= 11 is 3.47. The van der Waals surface area contributed by atoms with E-state index < -0.39 is 0 Å². The first-order valence-corrected chi connectivity index (χ1v) is 7.40. The Hall–Kier alpha value is -1.41. The van der Waals surface area contributed by atoms with Crippen LogP contribution in [0.4, 0.5) is 0 Å². The lowest BCUT2D eigenvalue weighted by Crippen LogP contribution is -2.24. The molecule has 0 saturated carbocycles. The van der Waals surface area contributed by atoms with Gasteiger partial charge in [0.25, 0.3) is 0 Å². The molecule has 2 heteroatoms. The molecule has 0 spiro atoms. The van der Waals surface area contributed by atoms with Crippen molar-refractivity contribution in [3.8, 4) is 0 Å². The van der Waals surface area contributed by atoms with Crippen molar-refractivity contribution in [2.75, 3.05) is 0 Å². The van der Waals surface area contributed by atoms with Crippen LogP contribution in [-0.4, -0.2) is 5.78 Å².